The summed E-state index contributed by atoms with van der Waals surface area (Å²) in [4.78, 5) is 11.9. The van der Waals surface area contributed by atoms with Crippen molar-refractivity contribution in [3.8, 4) is 0 Å². The van der Waals surface area contributed by atoms with Gasteiger partial charge < -0.3 is 0 Å². The minimum atomic E-state index is -0.185. The topological polar surface area (TPSA) is 17.1 Å². The van der Waals surface area contributed by atoms with Gasteiger partial charge in [-0.1, -0.05) is 60.8 Å². The molecule has 0 aromatic rings. The molecule has 0 aromatic heterocycles. The van der Waals surface area contributed by atoms with E-state index in [0.29, 0.717) is 12.2 Å². The van der Waals surface area contributed by atoms with Crippen molar-refractivity contribution < 1.29 is 4.79 Å². The number of ketones is 1. The highest BCUT2D eigenvalue weighted by molar-refractivity contribution is 5.84. The van der Waals surface area contributed by atoms with Crippen molar-refractivity contribution >= 4 is 5.78 Å². The summed E-state index contributed by atoms with van der Waals surface area (Å²) in [6, 6.07) is 0. The molecule has 15 heavy (non-hydrogen) atoms. The van der Waals surface area contributed by atoms with Gasteiger partial charge in [0.2, 0.25) is 0 Å². The smallest absolute Gasteiger partial charge is 0.138 e. The highest BCUT2D eigenvalue weighted by Crippen LogP contribution is 2.43. The van der Waals surface area contributed by atoms with E-state index in [1.165, 1.54) is 19.3 Å². The zero-order chi connectivity index (χ0) is 12.1. The second-order valence-electron chi connectivity index (χ2n) is 5.74. The Labute approximate surface area is 95.6 Å². The van der Waals surface area contributed by atoms with E-state index in [1.807, 2.05) is 6.92 Å². The van der Waals surface area contributed by atoms with Gasteiger partial charge in [0, 0.05) is 11.8 Å². The zero-order valence-corrected chi connectivity index (χ0v) is 11.4. The van der Waals surface area contributed by atoms with Crippen LogP contribution in [0.25, 0.3) is 0 Å². The zero-order valence-electron chi connectivity index (χ0n) is 11.4. The minimum absolute atomic E-state index is 0.120. The van der Waals surface area contributed by atoms with E-state index in [2.05, 4.69) is 34.6 Å². The molecule has 0 amide bonds. The molecule has 0 saturated carbocycles. The predicted octanol–water partition coefficient (Wildman–Crippen LogP) is 4.60. The van der Waals surface area contributed by atoms with Crippen molar-refractivity contribution in [3.63, 3.8) is 0 Å². The van der Waals surface area contributed by atoms with Crippen LogP contribution in [0, 0.1) is 10.8 Å². The van der Waals surface area contributed by atoms with Crippen molar-refractivity contribution in [1.29, 1.82) is 0 Å². The molecule has 0 saturated heterocycles. The van der Waals surface area contributed by atoms with Crippen molar-refractivity contribution in [1.82, 2.24) is 0 Å². The van der Waals surface area contributed by atoms with Crippen LogP contribution in [0.5, 0.6) is 0 Å². The van der Waals surface area contributed by atoms with Crippen molar-refractivity contribution in [2.75, 3.05) is 0 Å². The molecule has 90 valence electrons. The molecule has 0 bridgehead atoms. The average molecular weight is 212 g/mol. The molecule has 1 heteroatoms. The molecule has 0 aliphatic rings. The maximum Gasteiger partial charge on any atom is 0.138 e. The number of carbonyl (C=O) groups excluding carboxylic acids is 1. The molecular formula is C14H28O. The van der Waals surface area contributed by atoms with Gasteiger partial charge in [0.05, 0.1) is 0 Å². The summed E-state index contributed by atoms with van der Waals surface area (Å²) in [5.74, 6) is 0.393. The summed E-state index contributed by atoms with van der Waals surface area (Å²) in [6.07, 6.45) is 5.58. The summed E-state index contributed by atoms with van der Waals surface area (Å²) >= 11 is 0. The first kappa shape index (κ1) is 14.7. The summed E-state index contributed by atoms with van der Waals surface area (Å²) < 4.78 is 0. The third-order valence-electron chi connectivity index (χ3n) is 4.12. The van der Waals surface area contributed by atoms with Gasteiger partial charge in [-0.15, -0.1) is 0 Å². The van der Waals surface area contributed by atoms with Gasteiger partial charge in [-0.2, -0.15) is 0 Å². The molecule has 0 aliphatic heterocycles. The van der Waals surface area contributed by atoms with Gasteiger partial charge in [0.1, 0.15) is 5.78 Å². The number of rotatable bonds is 7. The van der Waals surface area contributed by atoms with Crippen LogP contribution in [0.15, 0.2) is 0 Å². The van der Waals surface area contributed by atoms with Crippen molar-refractivity contribution in [2.24, 2.45) is 10.8 Å². The third-order valence-corrected chi connectivity index (χ3v) is 4.12. The van der Waals surface area contributed by atoms with Crippen LogP contribution >= 0.6 is 0 Å². The summed E-state index contributed by atoms with van der Waals surface area (Å²) in [5.41, 5.74) is -0.0647. The van der Waals surface area contributed by atoms with Crippen LogP contribution < -0.4 is 0 Å². The maximum absolute atomic E-state index is 11.9. The fraction of sp³-hybridized carbons (Fsp3) is 0.929. The van der Waals surface area contributed by atoms with Crippen LogP contribution in [-0.2, 0) is 4.79 Å². The van der Waals surface area contributed by atoms with Crippen molar-refractivity contribution in [2.45, 2.75) is 73.6 Å². The predicted molar refractivity (Wildman–Crippen MR) is 67.0 cm³/mol. The SMILES string of the molecule is CCCCCC(C)(C)C(C)(C)C(=O)CC. The highest BCUT2D eigenvalue weighted by Gasteiger charge is 2.40. The van der Waals surface area contributed by atoms with E-state index in [9.17, 15) is 4.79 Å². The summed E-state index contributed by atoms with van der Waals surface area (Å²) in [7, 11) is 0. The Balaban J connectivity index is 4.47. The molecule has 0 radical (unpaired) electrons. The number of hydrogen-bond donors (Lipinski definition) is 0. The Morgan fingerprint density at radius 3 is 1.93 bits per heavy atom. The van der Waals surface area contributed by atoms with Gasteiger partial charge in [-0.3, -0.25) is 4.79 Å². The van der Waals surface area contributed by atoms with Crippen molar-refractivity contribution in [3.05, 3.63) is 0 Å². The van der Waals surface area contributed by atoms with E-state index in [1.54, 1.807) is 0 Å². The molecule has 0 spiro atoms. The minimum Gasteiger partial charge on any atom is -0.299 e. The first-order chi connectivity index (χ1) is 6.79. The second-order valence-corrected chi connectivity index (χ2v) is 5.74. The lowest BCUT2D eigenvalue weighted by Gasteiger charge is -2.40. The lowest BCUT2D eigenvalue weighted by molar-refractivity contribution is -0.133. The number of carbonyl (C=O) groups is 1. The quantitative estimate of drug-likeness (QED) is 0.564. The first-order valence-corrected chi connectivity index (χ1v) is 6.33. The monoisotopic (exact) mass is 212 g/mol. The standard InChI is InChI=1S/C14H28O/c1-7-9-10-11-13(3,4)14(5,6)12(15)8-2/h7-11H2,1-6H3. The van der Waals surface area contributed by atoms with Gasteiger partial charge in [0.25, 0.3) is 0 Å². The van der Waals surface area contributed by atoms with Gasteiger partial charge in [-0.05, 0) is 11.8 Å². The van der Waals surface area contributed by atoms with Gasteiger partial charge >= 0.3 is 0 Å². The van der Waals surface area contributed by atoms with E-state index >= 15 is 0 Å². The molecule has 1 nitrogen and oxygen atoms in total. The van der Waals surface area contributed by atoms with Crippen LogP contribution in [0.4, 0.5) is 0 Å². The molecule has 0 fully saturated rings. The van der Waals surface area contributed by atoms with E-state index in [0.717, 1.165) is 6.42 Å². The van der Waals surface area contributed by atoms with Crippen LogP contribution in [-0.4, -0.2) is 5.78 Å². The molecule has 0 aliphatic carbocycles. The molecule has 0 rings (SSSR count). The van der Waals surface area contributed by atoms with Gasteiger partial charge in [0.15, 0.2) is 0 Å². The normalized spacial score (nSPS) is 12.9. The van der Waals surface area contributed by atoms with Gasteiger partial charge in [-0.25, -0.2) is 0 Å². The molecule has 0 heterocycles. The first-order valence-electron chi connectivity index (χ1n) is 6.33. The average Bonchev–Trinajstić information content (AvgIpc) is 2.16. The molecule has 0 N–H and O–H groups in total. The molecular weight excluding hydrogens is 184 g/mol. The lowest BCUT2D eigenvalue weighted by Crippen LogP contribution is -2.39. The Hall–Kier alpha value is -0.330. The second kappa shape index (κ2) is 5.67. The molecule has 0 aromatic carbocycles. The summed E-state index contributed by atoms with van der Waals surface area (Å²) in [6.45, 7) is 12.9. The Bertz CT molecular complexity index is 201. The lowest BCUT2D eigenvalue weighted by atomic mass is 9.63. The van der Waals surface area contributed by atoms with Crippen LogP contribution in [0.3, 0.4) is 0 Å². The fourth-order valence-corrected chi connectivity index (χ4v) is 1.95. The van der Waals surface area contributed by atoms with Crippen LogP contribution in [0.2, 0.25) is 0 Å². The summed E-state index contributed by atoms with van der Waals surface area (Å²) in [5, 5.41) is 0. The fourth-order valence-electron chi connectivity index (χ4n) is 1.95. The van der Waals surface area contributed by atoms with E-state index in [-0.39, 0.29) is 10.8 Å². The highest BCUT2D eigenvalue weighted by atomic mass is 16.1. The van der Waals surface area contributed by atoms with E-state index < -0.39 is 0 Å². The Kier molecular flexibility index (Phi) is 5.55. The number of Topliss-reactive ketones (excluding diaryl/α,β-unsaturated/α-hetero) is 1. The molecule has 0 unspecified atom stereocenters. The van der Waals surface area contributed by atoms with E-state index in [4.69, 9.17) is 0 Å². The largest absolute Gasteiger partial charge is 0.299 e. The number of unbranched alkanes of at least 4 members (excludes halogenated alkanes) is 2. The maximum atomic E-state index is 11.9. The van der Waals surface area contributed by atoms with Crippen LogP contribution in [0.1, 0.15) is 73.6 Å². The Morgan fingerprint density at radius 1 is 1.00 bits per heavy atom. The number of hydrogen-bond acceptors (Lipinski definition) is 1. The Morgan fingerprint density at radius 2 is 1.53 bits per heavy atom. The molecule has 0 atom stereocenters. The third kappa shape index (κ3) is 3.62.